The molecule has 1 aliphatic rings. The van der Waals surface area contributed by atoms with Crippen LogP contribution in [0, 0.1) is 12.7 Å². The van der Waals surface area contributed by atoms with Crippen LogP contribution in [0.3, 0.4) is 0 Å². The molecule has 0 spiro atoms. The van der Waals surface area contributed by atoms with Crippen molar-refractivity contribution < 1.29 is 4.39 Å². The summed E-state index contributed by atoms with van der Waals surface area (Å²) in [5, 5.41) is 16.0. The zero-order valence-electron chi connectivity index (χ0n) is 16.1. The van der Waals surface area contributed by atoms with Crippen LogP contribution in [0.25, 0.3) is 5.69 Å². The highest BCUT2D eigenvalue weighted by Crippen LogP contribution is 2.30. The molecule has 0 N–H and O–H groups in total. The first-order valence-electron chi connectivity index (χ1n) is 9.48. The van der Waals surface area contributed by atoms with Gasteiger partial charge in [0.1, 0.15) is 17.4 Å². The molecule has 0 bridgehead atoms. The second-order valence-corrected chi connectivity index (χ2v) is 7.48. The molecule has 7 heteroatoms. The maximum atomic E-state index is 13.8. The van der Waals surface area contributed by atoms with Crippen LogP contribution in [0.5, 0.6) is 0 Å². The molecule has 0 unspecified atom stereocenters. The van der Waals surface area contributed by atoms with Gasteiger partial charge in [-0.05, 0) is 42.8 Å². The van der Waals surface area contributed by atoms with Gasteiger partial charge in [0, 0.05) is 16.1 Å². The van der Waals surface area contributed by atoms with Crippen LogP contribution in [0.15, 0.2) is 77.9 Å². The lowest BCUT2D eigenvalue weighted by Crippen LogP contribution is -2.20. The smallest absolute Gasteiger partial charge is 0.252 e. The predicted molar refractivity (Wildman–Crippen MR) is 116 cm³/mol. The van der Waals surface area contributed by atoms with E-state index >= 15 is 0 Å². The monoisotopic (exact) mass is 417 g/mol. The fourth-order valence-corrected chi connectivity index (χ4v) is 3.75. The van der Waals surface area contributed by atoms with Crippen molar-refractivity contribution in [3.05, 3.63) is 106 Å². The van der Waals surface area contributed by atoms with E-state index in [9.17, 15) is 4.39 Å². The first-order chi connectivity index (χ1) is 14.6. The highest BCUT2D eigenvalue weighted by molar-refractivity contribution is 6.30. The molecule has 0 radical (unpaired) electrons. The molecule has 0 aliphatic carbocycles. The van der Waals surface area contributed by atoms with Crippen LogP contribution in [0.2, 0.25) is 5.02 Å². The van der Waals surface area contributed by atoms with Gasteiger partial charge in [0.25, 0.3) is 5.95 Å². The zero-order valence-corrected chi connectivity index (χ0v) is 16.9. The van der Waals surface area contributed by atoms with Crippen molar-refractivity contribution in [1.29, 1.82) is 0 Å². The van der Waals surface area contributed by atoms with E-state index in [4.69, 9.17) is 16.7 Å². The van der Waals surface area contributed by atoms with E-state index in [1.165, 1.54) is 12.1 Å². The lowest BCUT2D eigenvalue weighted by atomic mass is 10.0. The number of benzene rings is 3. The number of rotatable bonds is 3. The number of fused-ring (bicyclic) bond motifs is 3. The van der Waals surface area contributed by atoms with Crippen molar-refractivity contribution in [2.24, 2.45) is 5.10 Å². The van der Waals surface area contributed by atoms with Gasteiger partial charge in [0.15, 0.2) is 0 Å². The Morgan fingerprint density at radius 2 is 1.73 bits per heavy atom. The number of anilines is 1. The van der Waals surface area contributed by atoms with Crippen molar-refractivity contribution >= 4 is 23.3 Å². The first-order valence-corrected chi connectivity index (χ1v) is 9.86. The predicted octanol–water partition coefficient (Wildman–Crippen LogP) is 5.14. The van der Waals surface area contributed by atoms with E-state index in [0.717, 1.165) is 33.9 Å². The molecule has 3 aromatic carbocycles. The van der Waals surface area contributed by atoms with Gasteiger partial charge in [-0.3, -0.25) is 4.57 Å². The van der Waals surface area contributed by atoms with E-state index < -0.39 is 0 Å². The van der Waals surface area contributed by atoms with Crippen molar-refractivity contribution in [2.45, 2.75) is 13.5 Å². The Balaban J connectivity index is 1.73. The largest absolute Gasteiger partial charge is 0.263 e. The molecule has 4 aromatic rings. The molecule has 1 aromatic heterocycles. The Hall–Kier alpha value is -3.51. The molecule has 0 fully saturated rings. The maximum Gasteiger partial charge on any atom is 0.252 e. The molecule has 0 saturated heterocycles. The Labute approximate surface area is 178 Å². The molecule has 0 amide bonds. The standard InChI is InChI=1S/C23H17ClFN5/c1-15-26-27-23-29(14-16-5-4-6-19(25)13-16)28-22(17-9-11-18(24)12-10-17)20-7-2-3-8-21(20)30(15)23/h2-13H,14H2,1H3. The number of aromatic nitrogens is 3. The second kappa shape index (κ2) is 7.39. The molecule has 0 saturated carbocycles. The van der Waals surface area contributed by atoms with Crippen LogP contribution in [0.1, 0.15) is 22.5 Å². The summed E-state index contributed by atoms with van der Waals surface area (Å²) in [6, 6.07) is 22.1. The molecule has 30 heavy (non-hydrogen) atoms. The van der Waals surface area contributed by atoms with Gasteiger partial charge < -0.3 is 0 Å². The van der Waals surface area contributed by atoms with E-state index in [1.54, 1.807) is 11.1 Å². The van der Waals surface area contributed by atoms with Gasteiger partial charge in [0.05, 0.1) is 12.2 Å². The number of para-hydroxylation sites is 1. The third kappa shape index (κ3) is 3.25. The van der Waals surface area contributed by atoms with Gasteiger partial charge in [-0.25, -0.2) is 9.40 Å². The minimum absolute atomic E-state index is 0.287. The van der Waals surface area contributed by atoms with Gasteiger partial charge in [-0.15, -0.1) is 10.2 Å². The third-order valence-corrected chi connectivity index (χ3v) is 5.25. The molecule has 5 nitrogen and oxygen atoms in total. The number of hydrogen-bond donors (Lipinski definition) is 0. The number of hydrogen-bond acceptors (Lipinski definition) is 4. The van der Waals surface area contributed by atoms with Gasteiger partial charge in [0.2, 0.25) is 0 Å². The molecule has 2 heterocycles. The summed E-state index contributed by atoms with van der Waals surface area (Å²) in [4.78, 5) is 0. The minimum atomic E-state index is -0.287. The van der Waals surface area contributed by atoms with Crippen LogP contribution in [-0.4, -0.2) is 20.5 Å². The third-order valence-electron chi connectivity index (χ3n) is 5.00. The lowest BCUT2D eigenvalue weighted by molar-refractivity contribution is 0.624. The fraction of sp³-hybridized carbons (Fsp3) is 0.0870. The summed E-state index contributed by atoms with van der Waals surface area (Å²) in [6.07, 6.45) is 0. The number of nitrogens with zero attached hydrogens (tertiary/aromatic N) is 5. The Kier molecular flexibility index (Phi) is 4.56. The summed E-state index contributed by atoms with van der Waals surface area (Å²) in [6.45, 7) is 2.25. The zero-order chi connectivity index (χ0) is 20.7. The maximum absolute atomic E-state index is 13.8. The quantitative estimate of drug-likeness (QED) is 0.463. The van der Waals surface area contributed by atoms with Crippen molar-refractivity contribution in [3.8, 4) is 5.69 Å². The Morgan fingerprint density at radius 1 is 0.933 bits per heavy atom. The van der Waals surface area contributed by atoms with Crippen LogP contribution in [-0.2, 0) is 6.54 Å². The number of aryl methyl sites for hydroxylation is 1. The molecular formula is C23H17ClFN5. The second-order valence-electron chi connectivity index (χ2n) is 7.04. The Morgan fingerprint density at radius 3 is 2.53 bits per heavy atom. The fourth-order valence-electron chi connectivity index (χ4n) is 3.62. The molecule has 148 valence electrons. The molecular weight excluding hydrogens is 401 g/mol. The van der Waals surface area contributed by atoms with Crippen molar-refractivity contribution in [1.82, 2.24) is 14.8 Å². The summed E-state index contributed by atoms with van der Waals surface area (Å²) >= 11 is 6.10. The highest BCUT2D eigenvalue weighted by atomic mass is 35.5. The minimum Gasteiger partial charge on any atom is -0.263 e. The van der Waals surface area contributed by atoms with Crippen LogP contribution in [0.4, 0.5) is 10.3 Å². The molecule has 5 rings (SSSR count). The van der Waals surface area contributed by atoms with E-state index in [-0.39, 0.29) is 5.82 Å². The molecule has 1 aliphatic heterocycles. The van der Waals surface area contributed by atoms with Crippen LogP contribution < -0.4 is 5.01 Å². The van der Waals surface area contributed by atoms with Crippen molar-refractivity contribution in [2.75, 3.05) is 5.01 Å². The summed E-state index contributed by atoms with van der Waals surface area (Å²) in [7, 11) is 0. The number of halogens is 2. The topological polar surface area (TPSA) is 46.3 Å². The highest BCUT2D eigenvalue weighted by Gasteiger charge is 2.26. The van der Waals surface area contributed by atoms with Crippen molar-refractivity contribution in [3.63, 3.8) is 0 Å². The molecule has 0 atom stereocenters. The summed E-state index contributed by atoms with van der Waals surface area (Å²) in [5.41, 5.74) is 4.37. The SMILES string of the molecule is Cc1nnc2n1-c1ccccc1C(c1ccc(Cl)cc1)=NN2Cc1cccc(F)c1. The lowest BCUT2D eigenvalue weighted by Gasteiger charge is -2.18. The van der Waals surface area contributed by atoms with E-state index in [0.29, 0.717) is 17.5 Å². The van der Waals surface area contributed by atoms with Gasteiger partial charge >= 0.3 is 0 Å². The normalized spacial score (nSPS) is 12.8. The first kappa shape index (κ1) is 18.5. The number of hydrazone groups is 1. The van der Waals surface area contributed by atoms with Gasteiger partial charge in [-0.2, -0.15) is 5.10 Å². The summed E-state index contributed by atoms with van der Waals surface area (Å²) < 4.78 is 15.8. The average molecular weight is 418 g/mol. The average Bonchev–Trinajstić information content (AvgIpc) is 3.07. The van der Waals surface area contributed by atoms with E-state index in [1.807, 2.05) is 66.1 Å². The van der Waals surface area contributed by atoms with E-state index in [2.05, 4.69) is 10.2 Å². The van der Waals surface area contributed by atoms with Gasteiger partial charge in [-0.1, -0.05) is 54.1 Å². The Bertz CT molecular complexity index is 1260. The van der Waals surface area contributed by atoms with Crippen LogP contribution >= 0.6 is 11.6 Å². The summed E-state index contributed by atoms with van der Waals surface area (Å²) in [5.74, 6) is 1.03.